The molecule has 0 aliphatic carbocycles. The lowest BCUT2D eigenvalue weighted by Gasteiger charge is -2.24. The third kappa shape index (κ3) is 6.95. The minimum Gasteiger partial charge on any atom is -0.434 e. The van der Waals surface area contributed by atoms with E-state index in [9.17, 15) is 4.79 Å². The molecule has 0 aliphatic rings. The van der Waals surface area contributed by atoms with Crippen LogP contribution in [0.4, 0.5) is 4.79 Å². The van der Waals surface area contributed by atoms with Crippen LogP contribution in [0.2, 0.25) is 6.04 Å². The standard InChI is InChI=1S/C11H24O6Si/c1-11(2,3)17-10(12)16-8-7-9-18(13-4,14-5)15-6/h7-9H2,1-6H3. The van der Waals surface area contributed by atoms with Crippen LogP contribution < -0.4 is 0 Å². The van der Waals surface area contributed by atoms with Crippen LogP contribution in [0.1, 0.15) is 27.2 Å². The Bertz CT molecular complexity index is 238. The van der Waals surface area contributed by atoms with Crippen LogP contribution in [0.3, 0.4) is 0 Å². The molecule has 0 aromatic rings. The number of hydrogen-bond acceptors (Lipinski definition) is 6. The molecule has 0 fully saturated rings. The first-order valence-corrected chi connectivity index (χ1v) is 7.73. The van der Waals surface area contributed by atoms with Gasteiger partial charge < -0.3 is 22.8 Å². The number of carbonyl (C=O) groups excluding carboxylic acids is 1. The molecule has 0 heterocycles. The van der Waals surface area contributed by atoms with Crippen molar-refractivity contribution >= 4 is 15.0 Å². The fraction of sp³-hybridized carbons (Fsp3) is 0.909. The molecule has 108 valence electrons. The molecule has 18 heavy (non-hydrogen) atoms. The summed E-state index contributed by atoms with van der Waals surface area (Å²) < 4.78 is 25.7. The Balaban J connectivity index is 3.89. The normalized spacial score (nSPS) is 12.3. The zero-order chi connectivity index (χ0) is 14.2. The largest absolute Gasteiger partial charge is 0.508 e. The highest BCUT2D eigenvalue weighted by atomic mass is 28.4. The highest BCUT2D eigenvalue weighted by Crippen LogP contribution is 2.15. The Morgan fingerprint density at radius 3 is 1.94 bits per heavy atom. The Labute approximate surface area is 110 Å². The van der Waals surface area contributed by atoms with Crippen molar-refractivity contribution in [3.05, 3.63) is 0 Å². The lowest BCUT2D eigenvalue weighted by atomic mass is 10.2. The summed E-state index contributed by atoms with van der Waals surface area (Å²) in [7, 11) is 2.08. The first-order chi connectivity index (χ1) is 8.28. The summed E-state index contributed by atoms with van der Waals surface area (Å²) in [4.78, 5) is 11.3. The molecule has 0 rings (SSSR count). The van der Waals surface area contributed by atoms with Crippen LogP contribution in [0.5, 0.6) is 0 Å². The average molecular weight is 280 g/mol. The van der Waals surface area contributed by atoms with Gasteiger partial charge in [0.1, 0.15) is 5.60 Å². The molecule has 0 aliphatic heterocycles. The summed E-state index contributed by atoms with van der Waals surface area (Å²) in [6.45, 7) is 5.60. The Morgan fingerprint density at radius 2 is 1.56 bits per heavy atom. The lowest BCUT2D eigenvalue weighted by molar-refractivity contribution is -0.00767. The zero-order valence-corrected chi connectivity index (χ0v) is 13.1. The summed E-state index contributed by atoms with van der Waals surface area (Å²) in [5.74, 6) is 0. The highest BCUT2D eigenvalue weighted by molar-refractivity contribution is 6.60. The van der Waals surface area contributed by atoms with E-state index in [2.05, 4.69) is 0 Å². The molecule has 6 nitrogen and oxygen atoms in total. The Morgan fingerprint density at radius 1 is 1.06 bits per heavy atom. The second-order valence-electron chi connectivity index (χ2n) is 4.71. The van der Waals surface area contributed by atoms with Gasteiger partial charge in [0, 0.05) is 27.4 Å². The van der Waals surface area contributed by atoms with Crippen molar-refractivity contribution in [1.29, 1.82) is 0 Å². The molecule has 0 atom stereocenters. The van der Waals surface area contributed by atoms with Gasteiger partial charge in [0.15, 0.2) is 0 Å². The summed E-state index contributed by atoms with van der Waals surface area (Å²) in [5.41, 5.74) is -0.540. The second-order valence-corrected chi connectivity index (χ2v) is 7.80. The topological polar surface area (TPSA) is 63.2 Å². The SMILES string of the molecule is CO[Si](CCCOC(=O)OC(C)(C)C)(OC)OC. The van der Waals surface area contributed by atoms with E-state index in [1.807, 2.05) is 0 Å². The molecule has 0 unspecified atom stereocenters. The van der Waals surface area contributed by atoms with Crippen molar-refractivity contribution in [3.8, 4) is 0 Å². The molecule has 0 spiro atoms. The van der Waals surface area contributed by atoms with Gasteiger partial charge in [-0.2, -0.15) is 0 Å². The smallest absolute Gasteiger partial charge is 0.434 e. The van der Waals surface area contributed by atoms with E-state index in [0.717, 1.165) is 0 Å². The van der Waals surface area contributed by atoms with E-state index in [4.69, 9.17) is 22.8 Å². The predicted molar refractivity (Wildman–Crippen MR) is 68.4 cm³/mol. The fourth-order valence-electron chi connectivity index (χ4n) is 1.28. The molecule has 0 radical (unpaired) electrons. The van der Waals surface area contributed by atoms with Crippen LogP contribution >= 0.6 is 0 Å². The quantitative estimate of drug-likeness (QED) is 0.405. The number of ether oxygens (including phenoxy) is 2. The third-order valence-corrected chi connectivity index (χ3v) is 5.00. The van der Waals surface area contributed by atoms with Crippen molar-refractivity contribution in [2.45, 2.75) is 38.8 Å². The van der Waals surface area contributed by atoms with Gasteiger partial charge in [-0.25, -0.2) is 4.79 Å². The van der Waals surface area contributed by atoms with Crippen LogP contribution in [-0.2, 0) is 22.8 Å². The molecule has 0 saturated heterocycles. The van der Waals surface area contributed by atoms with Crippen molar-refractivity contribution in [2.75, 3.05) is 27.9 Å². The van der Waals surface area contributed by atoms with Crippen molar-refractivity contribution in [1.82, 2.24) is 0 Å². The molecule has 0 bridgehead atoms. The first kappa shape index (κ1) is 17.4. The molecule has 0 N–H and O–H groups in total. The van der Waals surface area contributed by atoms with Crippen molar-refractivity contribution < 1.29 is 27.5 Å². The molecule has 0 aromatic carbocycles. The number of carbonyl (C=O) groups is 1. The van der Waals surface area contributed by atoms with E-state index in [1.165, 1.54) is 0 Å². The summed E-state index contributed by atoms with van der Waals surface area (Å²) in [6, 6.07) is 0.583. The maximum atomic E-state index is 11.3. The van der Waals surface area contributed by atoms with Gasteiger partial charge in [0.2, 0.25) is 0 Å². The van der Waals surface area contributed by atoms with Gasteiger partial charge >= 0.3 is 15.0 Å². The first-order valence-electron chi connectivity index (χ1n) is 5.80. The Hall–Kier alpha value is -0.633. The third-order valence-electron chi connectivity index (χ3n) is 2.17. The summed E-state index contributed by atoms with van der Waals surface area (Å²) >= 11 is 0. The van der Waals surface area contributed by atoms with Crippen molar-refractivity contribution in [2.24, 2.45) is 0 Å². The van der Waals surface area contributed by atoms with E-state index in [0.29, 0.717) is 12.5 Å². The van der Waals surface area contributed by atoms with Gasteiger partial charge in [-0.05, 0) is 27.2 Å². The van der Waals surface area contributed by atoms with Crippen LogP contribution in [0, 0.1) is 0 Å². The van der Waals surface area contributed by atoms with Gasteiger partial charge in [-0.3, -0.25) is 0 Å². The van der Waals surface area contributed by atoms with Crippen LogP contribution in [0.15, 0.2) is 0 Å². The van der Waals surface area contributed by atoms with Gasteiger partial charge in [-0.1, -0.05) is 0 Å². The number of hydrogen-bond donors (Lipinski definition) is 0. The minimum absolute atomic E-state index is 0.250. The lowest BCUT2D eigenvalue weighted by Crippen LogP contribution is -2.42. The maximum absolute atomic E-state index is 11.3. The second kappa shape index (κ2) is 7.73. The average Bonchev–Trinajstić information content (AvgIpc) is 2.28. The van der Waals surface area contributed by atoms with E-state index in [1.54, 1.807) is 42.1 Å². The molecule has 0 saturated carbocycles. The van der Waals surface area contributed by atoms with Gasteiger partial charge in [0.25, 0.3) is 0 Å². The van der Waals surface area contributed by atoms with Crippen LogP contribution in [-0.4, -0.2) is 48.5 Å². The van der Waals surface area contributed by atoms with Gasteiger partial charge in [-0.15, -0.1) is 0 Å². The van der Waals surface area contributed by atoms with E-state index in [-0.39, 0.29) is 6.61 Å². The van der Waals surface area contributed by atoms with Crippen molar-refractivity contribution in [3.63, 3.8) is 0 Å². The number of rotatable bonds is 7. The zero-order valence-electron chi connectivity index (χ0n) is 12.1. The summed E-state index contributed by atoms with van der Waals surface area (Å²) in [6.07, 6.45) is -0.0666. The monoisotopic (exact) mass is 280 g/mol. The maximum Gasteiger partial charge on any atom is 0.508 e. The summed E-state index contributed by atoms with van der Waals surface area (Å²) in [5, 5.41) is 0. The highest BCUT2D eigenvalue weighted by Gasteiger charge is 2.37. The molecule has 0 aromatic heterocycles. The predicted octanol–water partition coefficient (Wildman–Crippen LogP) is 2.21. The van der Waals surface area contributed by atoms with E-state index >= 15 is 0 Å². The molecule has 7 heteroatoms. The fourth-order valence-corrected chi connectivity index (χ4v) is 2.97. The molecule has 0 amide bonds. The van der Waals surface area contributed by atoms with E-state index < -0.39 is 20.6 Å². The molecular formula is C11H24O6Si. The Kier molecular flexibility index (Phi) is 7.45. The minimum atomic E-state index is -2.57. The van der Waals surface area contributed by atoms with Gasteiger partial charge in [0.05, 0.1) is 6.61 Å². The molecular weight excluding hydrogens is 256 g/mol. The van der Waals surface area contributed by atoms with Crippen LogP contribution in [0.25, 0.3) is 0 Å².